The molecule has 3 aromatic rings. The molecule has 1 aromatic carbocycles. The SMILES string of the molecule is CCNC(=O)Nc1cnc2c(-c3ccc(OC)c(OC)c3)ccnc2n1. The van der Waals surface area contributed by atoms with Gasteiger partial charge in [0.15, 0.2) is 23.0 Å². The van der Waals surface area contributed by atoms with Crippen LogP contribution < -0.4 is 20.1 Å². The number of aromatic nitrogens is 3. The van der Waals surface area contributed by atoms with Gasteiger partial charge in [-0.2, -0.15) is 0 Å². The van der Waals surface area contributed by atoms with E-state index in [2.05, 4.69) is 25.6 Å². The summed E-state index contributed by atoms with van der Waals surface area (Å²) in [6.45, 7) is 2.36. The van der Waals surface area contributed by atoms with Crippen molar-refractivity contribution in [1.29, 1.82) is 0 Å². The maximum atomic E-state index is 11.6. The summed E-state index contributed by atoms with van der Waals surface area (Å²) in [5, 5.41) is 5.27. The average Bonchev–Trinajstić information content (AvgIpc) is 2.67. The molecule has 0 saturated carbocycles. The quantitative estimate of drug-likeness (QED) is 0.732. The fourth-order valence-corrected chi connectivity index (χ4v) is 2.54. The number of nitrogens with one attached hydrogen (secondary N) is 2. The van der Waals surface area contributed by atoms with E-state index < -0.39 is 0 Å². The van der Waals surface area contributed by atoms with Crippen LogP contribution in [0.5, 0.6) is 11.5 Å². The number of amides is 2. The molecule has 8 nitrogen and oxygen atoms in total. The summed E-state index contributed by atoms with van der Waals surface area (Å²) in [4.78, 5) is 24.7. The molecule has 0 unspecified atom stereocenters. The summed E-state index contributed by atoms with van der Waals surface area (Å²) in [6, 6.07) is 7.14. The first kappa shape index (κ1) is 17.4. The highest BCUT2D eigenvalue weighted by Crippen LogP contribution is 2.34. The number of carbonyl (C=O) groups excluding carboxylic acids is 1. The molecule has 2 heterocycles. The fraction of sp³-hybridized carbons (Fsp3) is 0.222. The van der Waals surface area contributed by atoms with Crippen molar-refractivity contribution in [2.24, 2.45) is 0 Å². The first-order valence-corrected chi connectivity index (χ1v) is 8.05. The van der Waals surface area contributed by atoms with E-state index in [-0.39, 0.29) is 6.03 Å². The summed E-state index contributed by atoms with van der Waals surface area (Å²) in [5.41, 5.74) is 2.81. The molecule has 0 aliphatic rings. The van der Waals surface area contributed by atoms with Gasteiger partial charge >= 0.3 is 6.03 Å². The molecule has 0 radical (unpaired) electrons. The van der Waals surface area contributed by atoms with E-state index in [9.17, 15) is 4.79 Å². The van der Waals surface area contributed by atoms with Gasteiger partial charge < -0.3 is 14.8 Å². The third-order valence-electron chi connectivity index (χ3n) is 3.72. The highest BCUT2D eigenvalue weighted by molar-refractivity contribution is 5.92. The number of pyridine rings is 1. The summed E-state index contributed by atoms with van der Waals surface area (Å²) in [7, 11) is 3.18. The number of rotatable bonds is 5. The summed E-state index contributed by atoms with van der Waals surface area (Å²) in [5.74, 6) is 1.60. The molecule has 0 saturated heterocycles. The van der Waals surface area contributed by atoms with Crippen molar-refractivity contribution >= 4 is 23.0 Å². The van der Waals surface area contributed by atoms with E-state index in [0.29, 0.717) is 35.0 Å². The number of nitrogens with zero attached hydrogens (tertiary/aromatic N) is 3. The third-order valence-corrected chi connectivity index (χ3v) is 3.72. The van der Waals surface area contributed by atoms with Crippen molar-refractivity contribution in [3.8, 4) is 22.6 Å². The highest BCUT2D eigenvalue weighted by atomic mass is 16.5. The Morgan fingerprint density at radius 1 is 1.12 bits per heavy atom. The maximum Gasteiger partial charge on any atom is 0.320 e. The summed E-state index contributed by atoms with van der Waals surface area (Å²) >= 11 is 0. The Balaban J connectivity index is 2.01. The van der Waals surface area contributed by atoms with Gasteiger partial charge in [0, 0.05) is 18.3 Å². The first-order chi connectivity index (χ1) is 12.7. The van der Waals surface area contributed by atoms with Crippen LogP contribution >= 0.6 is 0 Å². The van der Waals surface area contributed by atoms with E-state index in [4.69, 9.17) is 9.47 Å². The van der Waals surface area contributed by atoms with Crippen molar-refractivity contribution < 1.29 is 14.3 Å². The van der Waals surface area contributed by atoms with Gasteiger partial charge in [0.25, 0.3) is 0 Å². The Morgan fingerprint density at radius 3 is 2.65 bits per heavy atom. The number of urea groups is 1. The predicted octanol–water partition coefficient (Wildman–Crippen LogP) is 2.85. The van der Waals surface area contributed by atoms with Gasteiger partial charge in [-0.3, -0.25) is 5.32 Å². The van der Waals surface area contributed by atoms with E-state index in [1.165, 1.54) is 6.20 Å². The van der Waals surface area contributed by atoms with Crippen molar-refractivity contribution in [1.82, 2.24) is 20.3 Å². The van der Waals surface area contributed by atoms with Crippen LogP contribution in [0.1, 0.15) is 6.92 Å². The van der Waals surface area contributed by atoms with E-state index >= 15 is 0 Å². The van der Waals surface area contributed by atoms with Gasteiger partial charge in [0.1, 0.15) is 5.52 Å². The van der Waals surface area contributed by atoms with Gasteiger partial charge in [-0.15, -0.1) is 0 Å². The summed E-state index contributed by atoms with van der Waals surface area (Å²) in [6.07, 6.45) is 3.16. The van der Waals surface area contributed by atoms with Crippen LogP contribution in [0.3, 0.4) is 0 Å². The zero-order valence-electron chi connectivity index (χ0n) is 14.7. The Kier molecular flexibility index (Phi) is 5.12. The number of hydrogen-bond acceptors (Lipinski definition) is 6. The molecule has 0 aliphatic carbocycles. The lowest BCUT2D eigenvalue weighted by atomic mass is 10.1. The van der Waals surface area contributed by atoms with Crippen LogP contribution in [0.4, 0.5) is 10.6 Å². The van der Waals surface area contributed by atoms with E-state index in [0.717, 1.165) is 11.1 Å². The number of benzene rings is 1. The van der Waals surface area contributed by atoms with Crippen molar-refractivity contribution in [3.05, 3.63) is 36.7 Å². The zero-order valence-corrected chi connectivity index (χ0v) is 14.7. The molecule has 0 aliphatic heterocycles. The molecular formula is C18H19N5O3. The van der Waals surface area contributed by atoms with Gasteiger partial charge in [-0.05, 0) is 30.7 Å². The Hall–Kier alpha value is -3.42. The molecule has 26 heavy (non-hydrogen) atoms. The van der Waals surface area contributed by atoms with Crippen molar-refractivity contribution in [2.75, 3.05) is 26.1 Å². The number of anilines is 1. The molecule has 3 rings (SSSR count). The monoisotopic (exact) mass is 353 g/mol. The van der Waals surface area contributed by atoms with Crippen molar-refractivity contribution in [3.63, 3.8) is 0 Å². The normalized spacial score (nSPS) is 10.4. The van der Waals surface area contributed by atoms with E-state index in [1.807, 2.05) is 31.2 Å². The average molecular weight is 353 g/mol. The lowest BCUT2D eigenvalue weighted by Crippen LogP contribution is -2.28. The standard InChI is InChI=1S/C18H19N5O3/c1-4-19-18(24)23-15-10-21-16-12(7-8-20-17(16)22-15)11-5-6-13(25-2)14(9-11)26-3/h5-10H,4H2,1-3H3,(H2,19,20,22,23,24). The number of hydrogen-bond donors (Lipinski definition) is 2. The smallest absolute Gasteiger partial charge is 0.320 e. The zero-order chi connectivity index (χ0) is 18.5. The molecule has 0 bridgehead atoms. The Labute approximate surface area is 150 Å². The lowest BCUT2D eigenvalue weighted by molar-refractivity contribution is 0.252. The summed E-state index contributed by atoms with van der Waals surface area (Å²) < 4.78 is 10.6. The van der Waals surface area contributed by atoms with Crippen LogP contribution in [-0.4, -0.2) is 41.7 Å². The van der Waals surface area contributed by atoms with E-state index in [1.54, 1.807) is 20.4 Å². The van der Waals surface area contributed by atoms with Gasteiger partial charge in [-0.25, -0.2) is 19.7 Å². The third kappa shape index (κ3) is 3.49. The van der Waals surface area contributed by atoms with Crippen LogP contribution in [0.2, 0.25) is 0 Å². The molecule has 134 valence electrons. The van der Waals surface area contributed by atoms with Gasteiger partial charge in [0.05, 0.1) is 20.4 Å². The van der Waals surface area contributed by atoms with Crippen molar-refractivity contribution in [2.45, 2.75) is 6.92 Å². The maximum absolute atomic E-state index is 11.6. The number of ether oxygens (including phenoxy) is 2. The molecule has 2 aromatic heterocycles. The van der Waals surface area contributed by atoms with Crippen LogP contribution in [0.15, 0.2) is 36.7 Å². The minimum absolute atomic E-state index is 0.334. The van der Waals surface area contributed by atoms with Crippen LogP contribution in [-0.2, 0) is 0 Å². The molecular weight excluding hydrogens is 334 g/mol. The fourth-order valence-electron chi connectivity index (χ4n) is 2.54. The largest absolute Gasteiger partial charge is 0.493 e. The molecule has 0 spiro atoms. The first-order valence-electron chi connectivity index (χ1n) is 8.05. The minimum atomic E-state index is -0.336. The topological polar surface area (TPSA) is 98.3 Å². The van der Waals surface area contributed by atoms with Crippen LogP contribution in [0.25, 0.3) is 22.3 Å². The molecule has 0 fully saturated rings. The highest BCUT2D eigenvalue weighted by Gasteiger charge is 2.12. The molecule has 8 heteroatoms. The predicted molar refractivity (Wildman–Crippen MR) is 98.6 cm³/mol. The second kappa shape index (κ2) is 7.64. The minimum Gasteiger partial charge on any atom is -0.493 e. The Bertz CT molecular complexity index is 945. The second-order valence-electron chi connectivity index (χ2n) is 5.34. The number of methoxy groups -OCH3 is 2. The molecule has 2 amide bonds. The van der Waals surface area contributed by atoms with Gasteiger partial charge in [-0.1, -0.05) is 6.07 Å². The second-order valence-corrected chi connectivity index (χ2v) is 5.34. The van der Waals surface area contributed by atoms with Gasteiger partial charge in [0.2, 0.25) is 0 Å². The van der Waals surface area contributed by atoms with Crippen LogP contribution in [0, 0.1) is 0 Å². The Morgan fingerprint density at radius 2 is 1.92 bits per heavy atom. The molecule has 0 atom stereocenters. The lowest BCUT2D eigenvalue weighted by Gasteiger charge is -2.11. The number of fused-ring (bicyclic) bond motifs is 1. The molecule has 2 N–H and O–H groups in total. The number of carbonyl (C=O) groups is 1.